The van der Waals surface area contributed by atoms with Gasteiger partial charge in [-0.1, -0.05) is 49.7 Å². The monoisotopic (exact) mass is 394 g/mol. The molecule has 7 heteroatoms. The van der Waals surface area contributed by atoms with Crippen molar-refractivity contribution in [1.29, 1.82) is 0 Å². The van der Waals surface area contributed by atoms with Gasteiger partial charge >= 0.3 is 0 Å². The Labute approximate surface area is 167 Å². The van der Waals surface area contributed by atoms with Gasteiger partial charge in [-0.15, -0.1) is 10.2 Å². The summed E-state index contributed by atoms with van der Waals surface area (Å²) in [5, 5.41) is 13.9. The number of carbonyl (C=O) groups excluding carboxylic acids is 1. The normalized spacial score (nSPS) is 11.3. The first-order valence-corrected chi connectivity index (χ1v) is 10.4. The highest BCUT2D eigenvalue weighted by Gasteiger charge is 2.11. The lowest BCUT2D eigenvalue weighted by Crippen LogP contribution is -2.14. The number of hydrogen-bond acceptors (Lipinski definition) is 5. The second-order valence-electron chi connectivity index (χ2n) is 6.66. The Kier molecular flexibility index (Phi) is 5.62. The molecule has 6 nitrogen and oxygen atoms in total. The molecule has 0 saturated carbocycles. The first-order chi connectivity index (χ1) is 13.7. The number of nitrogens with zero attached hydrogens (tertiary/aromatic N) is 3. The maximum atomic E-state index is 12.4. The lowest BCUT2D eigenvalue weighted by atomic mass is 10.1. The largest absolute Gasteiger partial charge is 0.456 e. The van der Waals surface area contributed by atoms with E-state index in [4.69, 9.17) is 4.42 Å². The highest BCUT2D eigenvalue weighted by Crippen LogP contribution is 2.30. The maximum Gasteiger partial charge on any atom is 0.234 e. The number of hydrogen-bond donors (Lipinski definition) is 1. The van der Waals surface area contributed by atoms with E-state index in [2.05, 4.69) is 22.4 Å². The number of furan rings is 1. The van der Waals surface area contributed by atoms with Crippen LogP contribution < -0.4 is 5.32 Å². The molecule has 2 aromatic heterocycles. The predicted octanol–water partition coefficient (Wildman–Crippen LogP) is 5.10. The van der Waals surface area contributed by atoms with Crippen LogP contribution in [0.3, 0.4) is 0 Å². The van der Waals surface area contributed by atoms with Gasteiger partial charge in [0.1, 0.15) is 17.5 Å². The van der Waals surface area contributed by atoms with Gasteiger partial charge in [0, 0.05) is 23.0 Å². The van der Waals surface area contributed by atoms with Crippen molar-refractivity contribution in [2.24, 2.45) is 0 Å². The first kappa shape index (κ1) is 18.6. The Morgan fingerprint density at radius 3 is 2.89 bits per heavy atom. The summed E-state index contributed by atoms with van der Waals surface area (Å²) in [5.41, 5.74) is 2.42. The number of unbranched alkanes of at least 4 members (excludes halogenated alkanes) is 2. The standard InChI is InChI=1S/C21H22N4O2S/c1-2-3-6-11-25-14-22-24-21(25)28-13-20(26)23-15-9-10-19-17(12-15)16-7-4-5-8-18(16)27-19/h4-5,7-10,12,14H,2-3,6,11,13H2,1H3,(H,23,26). The van der Waals surface area contributed by atoms with Gasteiger partial charge in [0.15, 0.2) is 5.16 Å². The highest BCUT2D eigenvalue weighted by molar-refractivity contribution is 7.99. The fourth-order valence-corrected chi connectivity index (χ4v) is 3.91. The molecule has 0 fully saturated rings. The Hall–Kier alpha value is -2.80. The van der Waals surface area contributed by atoms with Crippen molar-refractivity contribution in [3.05, 3.63) is 48.8 Å². The number of aryl methyl sites for hydroxylation is 1. The van der Waals surface area contributed by atoms with Crippen LogP contribution in [0.2, 0.25) is 0 Å². The summed E-state index contributed by atoms with van der Waals surface area (Å²) in [5.74, 6) is 0.219. The van der Waals surface area contributed by atoms with Crippen LogP contribution in [0.5, 0.6) is 0 Å². The summed E-state index contributed by atoms with van der Waals surface area (Å²) in [6.45, 7) is 3.06. The van der Waals surface area contributed by atoms with Gasteiger partial charge in [0.2, 0.25) is 5.91 Å². The Morgan fingerprint density at radius 2 is 2.00 bits per heavy atom. The predicted molar refractivity (Wildman–Crippen MR) is 113 cm³/mol. The zero-order valence-corrected chi connectivity index (χ0v) is 16.5. The van der Waals surface area contributed by atoms with E-state index in [-0.39, 0.29) is 11.7 Å². The van der Waals surface area contributed by atoms with Crippen LogP contribution in [0.25, 0.3) is 21.9 Å². The van der Waals surface area contributed by atoms with Crippen LogP contribution >= 0.6 is 11.8 Å². The van der Waals surface area contributed by atoms with Crippen molar-refractivity contribution in [2.45, 2.75) is 37.9 Å². The summed E-state index contributed by atoms with van der Waals surface area (Å²) in [6.07, 6.45) is 5.16. The van der Waals surface area contributed by atoms with Gasteiger partial charge in [-0.2, -0.15) is 0 Å². The Balaban J connectivity index is 1.40. The average Bonchev–Trinajstić information content (AvgIpc) is 3.30. The molecule has 0 saturated heterocycles. The molecule has 0 atom stereocenters. The van der Waals surface area contributed by atoms with Gasteiger partial charge in [-0.3, -0.25) is 4.79 Å². The Morgan fingerprint density at radius 1 is 1.14 bits per heavy atom. The van der Waals surface area contributed by atoms with E-state index in [0.717, 1.165) is 45.7 Å². The van der Waals surface area contributed by atoms with Gasteiger partial charge in [0.05, 0.1) is 5.75 Å². The molecule has 1 amide bonds. The number of anilines is 1. The van der Waals surface area contributed by atoms with Crippen molar-refractivity contribution in [1.82, 2.24) is 14.8 Å². The van der Waals surface area contributed by atoms with Gasteiger partial charge in [0.25, 0.3) is 0 Å². The quantitative estimate of drug-likeness (QED) is 0.332. The van der Waals surface area contributed by atoms with Crippen LogP contribution in [0.15, 0.2) is 58.4 Å². The summed E-state index contributed by atoms with van der Waals surface area (Å²) in [7, 11) is 0. The third-order valence-corrected chi connectivity index (χ3v) is 5.56. The zero-order chi connectivity index (χ0) is 19.3. The molecule has 0 aliphatic carbocycles. The number of thioether (sulfide) groups is 1. The van der Waals surface area contributed by atoms with Crippen LogP contribution in [0.1, 0.15) is 26.2 Å². The highest BCUT2D eigenvalue weighted by atomic mass is 32.2. The molecular formula is C21H22N4O2S. The maximum absolute atomic E-state index is 12.4. The number of aromatic nitrogens is 3. The van der Waals surface area contributed by atoms with Crippen LogP contribution in [-0.2, 0) is 11.3 Å². The smallest absolute Gasteiger partial charge is 0.234 e. The van der Waals surface area contributed by atoms with Crippen LogP contribution in [-0.4, -0.2) is 26.4 Å². The number of rotatable bonds is 8. The van der Waals surface area contributed by atoms with Crippen LogP contribution in [0.4, 0.5) is 5.69 Å². The molecule has 0 aliphatic rings. The summed E-state index contributed by atoms with van der Waals surface area (Å²) in [6, 6.07) is 13.6. The molecular weight excluding hydrogens is 372 g/mol. The van der Waals surface area contributed by atoms with E-state index in [1.165, 1.54) is 24.6 Å². The zero-order valence-electron chi connectivity index (χ0n) is 15.7. The summed E-state index contributed by atoms with van der Waals surface area (Å²) in [4.78, 5) is 12.4. The molecule has 0 aliphatic heterocycles. The molecule has 4 aromatic rings. The molecule has 0 spiro atoms. The van der Waals surface area contributed by atoms with Crippen molar-refractivity contribution in [3.8, 4) is 0 Å². The molecule has 2 heterocycles. The summed E-state index contributed by atoms with van der Waals surface area (Å²) < 4.78 is 7.84. The minimum absolute atomic E-state index is 0.0692. The summed E-state index contributed by atoms with van der Waals surface area (Å²) >= 11 is 1.41. The third kappa shape index (κ3) is 4.04. The lowest BCUT2D eigenvalue weighted by molar-refractivity contribution is -0.113. The van der Waals surface area contributed by atoms with Crippen molar-refractivity contribution in [2.75, 3.05) is 11.1 Å². The molecule has 0 bridgehead atoms. The number of fused-ring (bicyclic) bond motifs is 3. The van der Waals surface area contributed by atoms with Gasteiger partial charge in [-0.05, 0) is 30.7 Å². The number of carbonyl (C=O) groups is 1. The third-order valence-electron chi connectivity index (χ3n) is 4.58. The van der Waals surface area contributed by atoms with E-state index >= 15 is 0 Å². The number of nitrogens with one attached hydrogen (secondary N) is 1. The molecule has 2 aromatic carbocycles. The topological polar surface area (TPSA) is 73.0 Å². The average molecular weight is 395 g/mol. The number of amides is 1. The SMILES string of the molecule is CCCCCn1cnnc1SCC(=O)Nc1ccc2oc3ccccc3c2c1. The van der Waals surface area contributed by atoms with Gasteiger partial charge in [-0.25, -0.2) is 0 Å². The van der Waals surface area contributed by atoms with E-state index in [1.807, 2.05) is 47.0 Å². The molecule has 144 valence electrons. The van der Waals surface area contributed by atoms with E-state index in [9.17, 15) is 4.79 Å². The molecule has 0 radical (unpaired) electrons. The molecule has 0 unspecified atom stereocenters. The fourth-order valence-electron chi connectivity index (χ4n) is 3.17. The van der Waals surface area contributed by atoms with Crippen molar-refractivity contribution >= 4 is 45.3 Å². The minimum atomic E-state index is -0.0692. The van der Waals surface area contributed by atoms with Crippen LogP contribution in [0, 0.1) is 0 Å². The number of para-hydroxylation sites is 1. The Bertz CT molecular complexity index is 1100. The van der Waals surface area contributed by atoms with Gasteiger partial charge < -0.3 is 14.3 Å². The van der Waals surface area contributed by atoms with E-state index < -0.39 is 0 Å². The molecule has 4 rings (SSSR count). The second kappa shape index (κ2) is 8.48. The lowest BCUT2D eigenvalue weighted by Gasteiger charge is -2.07. The minimum Gasteiger partial charge on any atom is -0.456 e. The fraction of sp³-hybridized carbons (Fsp3) is 0.286. The number of benzene rings is 2. The first-order valence-electron chi connectivity index (χ1n) is 9.46. The van der Waals surface area contributed by atoms with Crippen molar-refractivity contribution in [3.63, 3.8) is 0 Å². The van der Waals surface area contributed by atoms with E-state index in [1.54, 1.807) is 6.33 Å². The second-order valence-corrected chi connectivity index (χ2v) is 7.60. The molecule has 28 heavy (non-hydrogen) atoms. The van der Waals surface area contributed by atoms with Crippen molar-refractivity contribution < 1.29 is 9.21 Å². The molecule has 1 N–H and O–H groups in total. The van der Waals surface area contributed by atoms with E-state index in [0.29, 0.717) is 0 Å².